The monoisotopic (exact) mass is 419 g/mol. The Morgan fingerprint density at radius 3 is 2.59 bits per heavy atom. The summed E-state index contributed by atoms with van der Waals surface area (Å²) in [6.45, 7) is 3.13. The van der Waals surface area contributed by atoms with Crippen molar-refractivity contribution in [3.8, 4) is 0 Å². The highest BCUT2D eigenvalue weighted by Crippen LogP contribution is 2.34. The summed E-state index contributed by atoms with van der Waals surface area (Å²) in [5.74, 6) is -4.37. The van der Waals surface area contributed by atoms with Gasteiger partial charge in [-0.25, -0.2) is 18.2 Å². The lowest BCUT2D eigenvalue weighted by atomic mass is 9.96. The number of fused-ring (bicyclic) bond motifs is 1. The molecule has 2 aromatic carbocycles. The molecule has 1 aliphatic rings. The summed E-state index contributed by atoms with van der Waals surface area (Å²) in [4.78, 5) is 19.2. The lowest BCUT2D eigenvalue weighted by molar-refractivity contribution is -0.121. The topological polar surface area (TPSA) is 45.2 Å². The molecule has 1 saturated heterocycles. The number of nitrogens with zero attached hydrogens (tertiary/aromatic N) is 2. The van der Waals surface area contributed by atoms with Gasteiger partial charge in [-0.15, -0.1) is 11.3 Å². The van der Waals surface area contributed by atoms with Crippen LogP contribution in [-0.4, -0.2) is 34.9 Å². The van der Waals surface area contributed by atoms with Crippen LogP contribution in [-0.2, 0) is 4.79 Å². The van der Waals surface area contributed by atoms with Crippen LogP contribution in [0.4, 0.5) is 18.9 Å². The van der Waals surface area contributed by atoms with Gasteiger partial charge >= 0.3 is 0 Å². The van der Waals surface area contributed by atoms with Gasteiger partial charge in [0.05, 0.1) is 27.0 Å². The number of anilines is 1. The summed E-state index contributed by atoms with van der Waals surface area (Å²) in [6.07, 6.45) is 1.74. The van der Waals surface area contributed by atoms with E-state index in [2.05, 4.69) is 11.4 Å². The number of hydrogen-bond acceptors (Lipinski definition) is 4. The fourth-order valence-electron chi connectivity index (χ4n) is 3.62. The number of piperidine rings is 1. The molecule has 0 spiro atoms. The number of likely N-dealkylation sites (tertiary alicyclic amines) is 1. The summed E-state index contributed by atoms with van der Waals surface area (Å²) in [6, 6.07) is 9.36. The number of amides is 1. The largest absolute Gasteiger partial charge is 0.322 e. The number of carbonyl (C=O) groups excluding carboxylic acids is 1. The van der Waals surface area contributed by atoms with E-state index in [0.717, 1.165) is 35.5 Å². The maximum absolute atomic E-state index is 13.8. The second kappa shape index (κ2) is 8.12. The average Bonchev–Trinajstić information content (AvgIpc) is 3.18. The van der Waals surface area contributed by atoms with Crippen LogP contribution < -0.4 is 5.32 Å². The molecule has 0 radical (unpaired) electrons. The molecule has 0 saturated carbocycles. The van der Waals surface area contributed by atoms with Gasteiger partial charge in [0.25, 0.3) is 0 Å². The van der Waals surface area contributed by atoms with Gasteiger partial charge < -0.3 is 5.32 Å². The fourth-order valence-corrected chi connectivity index (χ4v) is 4.76. The highest BCUT2D eigenvalue weighted by molar-refractivity contribution is 7.18. The fraction of sp³-hybridized carbons (Fsp3) is 0.333. The van der Waals surface area contributed by atoms with Gasteiger partial charge in [0.1, 0.15) is 0 Å². The molecule has 1 atom stereocenters. The molecule has 29 heavy (non-hydrogen) atoms. The van der Waals surface area contributed by atoms with Crippen molar-refractivity contribution >= 4 is 33.1 Å². The first-order valence-corrected chi connectivity index (χ1v) is 10.3. The minimum Gasteiger partial charge on any atom is -0.322 e. The van der Waals surface area contributed by atoms with E-state index in [9.17, 15) is 18.0 Å². The van der Waals surface area contributed by atoms with E-state index in [0.29, 0.717) is 19.0 Å². The van der Waals surface area contributed by atoms with E-state index in [1.807, 2.05) is 23.1 Å². The standard InChI is InChI=1S/C21H20F3N3OS/c1-12(20(28)25-16-7-6-14(22)18(23)19(16)24)27-10-8-13(9-11-27)21-26-15-4-2-3-5-17(15)29-21/h2-7,12-13H,8-11H2,1H3,(H,25,28)/t12-/m0/s1. The van der Waals surface area contributed by atoms with Gasteiger partial charge in [-0.2, -0.15) is 0 Å². The molecule has 1 N–H and O–H groups in total. The Labute approximate surface area is 170 Å². The lowest BCUT2D eigenvalue weighted by Crippen LogP contribution is -2.45. The van der Waals surface area contributed by atoms with E-state index in [1.54, 1.807) is 18.3 Å². The second-order valence-corrected chi connectivity index (χ2v) is 8.28. The van der Waals surface area contributed by atoms with Crippen LogP contribution in [0.25, 0.3) is 10.2 Å². The number of rotatable bonds is 4. The average molecular weight is 419 g/mol. The Morgan fingerprint density at radius 2 is 1.86 bits per heavy atom. The highest BCUT2D eigenvalue weighted by Gasteiger charge is 2.29. The number of para-hydroxylation sites is 1. The summed E-state index contributed by atoms with van der Waals surface area (Å²) >= 11 is 1.71. The van der Waals surface area contributed by atoms with Crippen molar-refractivity contribution in [1.29, 1.82) is 0 Å². The predicted molar refractivity (Wildman–Crippen MR) is 108 cm³/mol. The van der Waals surface area contributed by atoms with Gasteiger partial charge in [-0.3, -0.25) is 9.69 Å². The van der Waals surface area contributed by atoms with Crippen molar-refractivity contribution in [2.45, 2.75) is 31.7 Å². The molecule has 0 bridgehead atoms. The van der Waals surface area contributed by atoms with E-state index >= 15 is 0 Å². The third-order valence-electron chi connectivity index (χ3n) is 5.41. The minimum atomic E-state index is -1.59. The van der Waals surface area contributed by atoms with Crippen LogP contribution in [0.5, 0.6) is 0 Å². The van der Waals surface area contributed by atoms with Crippen LogP contribution in [0.15, 0.2) is 36.4 Å². The van der Waals surface area contributed by atoms with Crippen LogP contribution in [0.3, 0.4) is 0 Å². The molecule has 1 fully saturated rings. The molecule has 1 aromatic heterocycles. The highest BCUT2D eigenvalue weighted by atomic mass is 32.1. The number of nitrogens with one attached hydrogen (secondary N) is 1. The molecule has 8 heteroatoms. The maximum Gasteiger partial charge on any atom is 0.241 e. The van der Waals surface area contributed by atoms with Crippen molar-refractivity contribution in [2.24, 2.45) is 0 Å². The molecule has 3 aromatic rings. The third kappa shape index (κ3) is 4.00. The predicted octanol–water partition coefficient (Wildman–Crippen LogP) is 4.92. The molecule has 152 valence electrons. The molecule has 0 unspecified atom stereocenters. The van der Waals surface area contributed by atoms with Gasteiger partial charge in [-0.1, -0.05) is 12.1 Å². The zero-order valence-corrected chi connectivity index (χ0v) is 16.6. The first-order valence-electron chi connectivity index (χ1n) is 9.48. The minimum absolute atomic E-state index is 0.350. The molecule has 4 rings (SSSR count). The Bertz CT molecular complexity index is 1010. The van der Waals surface area contributed by atoms with E-state index < -0.39 is 29.4 Å². The van der Waals surface area contributed by atoms with Gasteiger partial charge in [0.2, 0.25) is 5.91 Å². The Kier molecular flexibility index (Phi) is 5.56. The molecule has 4 nitrogen and oxygen atoms in total. The van der Waals surface area contributed by atoms with Gasteiger partial charge in [0, 0.05) is 5.92 Å². The van der Waals surface area contributed by atoms with Crippen molar-refractivity contribution in [2.75, 3.05) is 18.4 Å². The lowest BCUT2D eigenvalue weighted by Gasteiger charge is -2.34. The summed E-state index contributed by atoms with van der Waals surface area (Å²) < 4.78 is 41.4. The Morgan fingerprint density at radius 1 is 1.14 bits per heavy atom. The smallest absolute Gasteiger partial charge is 0.241 e. The molecule has 0 aliphatic carbocycles. The van der Waals surface area contributed by atoms with Crippen molar-refractivity contribution < 1.29 is 18.0 Å². The molecule has 1 aliphatic heterocycles. The molecular weight excluding hydrogens is 399 g/mol. The number of carbonyl (C=O) groups is 1. The summed E-state index contributed by atoms with van der Waals surface area (Å²) in [7, 11) is 0. The Hall–Kier alpha value is -2.45. The number of halogens is 3. The quantitative estimate of drug-likeness (QED) is 0.611. The Balaban J connectivity index is 1.37. The molecular formula is C21H20F3N3OS. The van der Waals surface area contributed by atoms with Crippen molar-refractivity contribution in [1.82, 2.24) is 9.88 Å². The molecule has 2 heterocycles. The SMILES string of the molecule is C[C@@H](C(=O)Nc1ccc(F)c(F)c1F)N1CCC(c2nc3ccccc3s2)CC1. The number of benzene rings is 2. The summed E-state index contributed by atoms with van der Waals surface area (Å²) in [5, 5.41) is 3.48. The zero-order chi connectivity index (χ0) is 20.5. The third-order valence-corrected chi connectivity index (χ3v) is 6.61. The second-order valence-electron chi connectivity index (χ2n) is 7.22. The number of hydrogen-bond donors (Lipinski definition) is 1. The maximum atomic E-state index is 13.8. The van der Waals surface area contributed by atoms with Crippen LogP contribution in [0, 0.1) is 17.5 Å². The zero-order valence-electron chi connectivity index (χ0n) is 15.8. The number of aromatic nitrogens is 1. The first-order chi connectivity index (χ1) is 13.9. The van der Waals surface area contributed by atoms with Crippen LogP contribution in [0.2, 0.25) is 0 Å². The normalized spacial score (nSPS) is 16.8. The van der Waals surface area contributed by atoms with Crippen LogP contribution >= 0.6 is 11.3 Å². The van der Waals surface area contributed by atoms with Gasteiger partial charge in [0.15, 0.2) is 17.5 Å². The van der Waals surface area contributed by atoms with Crippen molar-refractivity contribution in [3.05, 3.63) is 58.9 Å². The first kappa shape index (κ1) is 19.8. The van der Waals surface area contributed by atoms with E-state index in [4.69, 9.17) is 4.98 Å². The number of thiazole rings is 1. The summed E-state index contributed by atoms with van der Waals surface area (Å²) in [5.41, 5.74) is 0.654. The van der Waals surface area contributed by atoms with Crippen LogP contribution in [0.1, 0.15) is 30.7 Å². The molecule has 1 amide bonds. The van der Waals surface area contributed by atoms with E-state index in [-0.39, 0.29) is 5.69 Å². The van der Waals surface area contributed by atoms with Crippen molar-refractivity contribution in [3.63, 3.8) is 0 Å². The van der Waals surface area contributed by atoms with Gasteiger partial charge in [-0.05, 0) is 57.1 Å². The van der Waals surface area contributed by atoms with E-state index in [1.165, 1.54) is 4.70 Å².